The van der Waals surface area contributed by atoms with Crippen LogP contribution < -0.4 is 16.2 Å². The maximum atomic E-state index is 11.5. The van der Waals surface area contributed by atoms with Crippen molar-refractivity contribution in [1.82, 2.24) is 5.16 Å². The molecule has 2 rings (SSSR count). The van der Waals surface area contributed by atoms with Gasteiger partial charge in [0.25, 0.3) is 0 Å². The molecule has 1 atom stereocenters. The van der Waals surface area contributed by atoms with Gasteiger partial charge in [0.2, 0.25) is 10.0 Å². The number of aryl methyl sites for hydroxylation is 2. The SMILES string of the molecule is Cc1noc(C)c1C(C)Nc1cccc(S(N)(=O)=O)c1N. The third kappa shape index (κ3) is 3.01. The van der Waals surface area contributed by atoms with E-state index in [1.807, 2.05) is 20.8 Å². The number of nitrogens with two attached hydrogens (primary N) is 2. The van der Waals surface area contributed by atoms with Crippen LogP contribution in [-0.4, -0.2) is 13.6 Å². The summed E-state index contributed by atoms with van der Waals surface area (Å²) in [7, 11) is -3.86. The van der Waals surface area contributed by atoms with E-state index < -0.39 is 10.0 Å². The second-order valence-corrected chi connectivity index (χ2v) is 6.40. The molecule has 0 radical (unpaired) electrons. The van der Waals surface area contributed by atoms with Gasteiger partial charge in [-0.3, -0.25) is 0 Å². The van der Waals surface area contributed by atoms with E-state index in [4.69, 9.17) is 15.4 Å². The highest BCUT2D eigenvalue weighted by Gasteiger charge is 2.19. The summed E-state index contributed by atoms with van der Waals surface area (Å²) in [6.45, 7) is 5.57. The monoisotopic (exact) mass is 310 g/mol. The number of hydrogen-bond acceptors (Lipinski definition) is 6. The Morgan fingerprint density at radius 1 is 1.33 bits per heavy atom. The first kappa shape index (κ1) is 15.3. The van der Waals surface area contributed by atoms with Crippen molar-refractivity contribution in [2.45, 2.75) is 31.7 Å². The number of rotatable bonds is 4. The summed E-state index contributed by atoms with van der Waals surface area (Å²) in [5.41, 5.74) is 8.16. The predicted molar refractivity (Wildman–Crippen MR) is 80.2 cm³/mol. The van der Waals surface area contributed by atoms with Crippen molar-refractivity contribution in [2.75, 3.05) is 11.1 Å². The topological polar surface area (TPSA) is 124 Å². The van der Waals surface area contributed by atoms with E-state index in [2.05, 4.69) is 10.5 Å². The van der Waals surface area contributed by atoms with Crippen LogP contribution in [0.2, 0.25) is 0 Å². The summed E-state index contributed by atoms with van der Waals surface area (Å²) in [6.07, 6.45) is 0. The van der Waals surface area contributed by atoms with Gasteiger partial charge in [0, 0.05) is 5.56 Å². The first-order chi connectivity index (χ1) is 9.71. The van der Waals surface area contributed by atoms with E-state index in [1.165, 1.54) is 6.07 Å². The summed E-state index contributed by atoms with van der Waals surface area (Å²) in [5, 5.41) is 12.2. The van der Waals surface area contributed by atoms with Gasteiger partial charge in [-0.2, -0.15) is 0 Å². The molecule has 0 amide bonds. The number of primary sulfonamides is 1. The van der Waals surface area contributed by atoms with Gasteiger partial charge in [-0.1, -0.05) is 11.2 Å². The summed E-state index contributed by atoms with van der Waals surface area (Å²) < 4.78 is 28.1. The number of para-hydroxylation sites is 1. The maximum Gasteiger partial charge on any atom is 0.240 e. The zero-order chi connectivity index (χ0) is 15.8. The second-order valence-electron chi connectivity index (χ2n) is 4.87. The van der Waals surface area contributed by atoms with Crippen molar-refractivity contribution >= 4 is 21.4 Å². The van der Waals surface area contributed by atoms with Crippen LogP contribution in [0.3, 0.4) is 0 Å². The van der Waals surface area contributed by atoms with Gasteiger partial charge < -0.3 is 15.6 Å². The van der Waals surface area contributed by atoms with Crippen molar-refractivity contribution in [3.8, 4) is 0 Å². The zero-order valence-electron chi connectivity index (χ0n) is 12.0. The van der Waals surface area contributed by atoms with Crippen LogP contribution in [0.4, 0.5) is 11.4 Å². The molecule has 0 saturated carbocycles. The van der Waals surface area contributed by atoms with Crippen LogP contribution in [0.15, 0.2) is 27.6 Å². The summed E-state index contributed by atoms with van der Waals surface area (Å²) in [5.74, 6) is 0.702. The minimum Gasteiger partial charge on any atom is -0.396 e. The molecule has 2 aromatic rings. The highest BCUT2D eigenvalue weighted by molar-refractivity contribution is 7.89. The number of nitrogens with one attached hydrogen (secondary N) is 1. The van der Waals surface area contributed by atoms with Crippen LogP contribution in [0.5, 0.6) is 0 Å². The molecule has 0 aliphatic heterocycles. The Morgan fingerprint density at radius 3 is 2.52 bits per heavy atom. The zero-order valence-corrected chi connectivity index (χ0v) is 12.9. The van der Waals surface area contributed by atoms with Crippen LogP contribution >= 0.6 is 0 Å². The average molecular weight is 310 g/mol. The molecular formula is C13H18N4O3S. The molecule has 7 nitrogen and oxygen atoms in total. The summed E-state index contributed by atoms with van der Waals surface area (Å²) in [4.78, 5) is -0.0986. The Morgan fingerprint density at radius 2 is 2.00 bits per heavy atom. The van der Waals surface area contributed by atoms with Gasteiger partial charge in [0.15, 0.2) is 0 Å². The second kappa shape index (κ2) is 5.38. The summed E-state index contributed by atoms with van der Waals surface area (Å²) >= 11 is 0. The Hall–Kier alpha value is -2.06. The molecule has 1 aromatic carbocycles. The number of anilines is 2. The average Bonchev–Trinajstić information content (AvgIpc) is 2.70. The Bertz CT molecular complexity index is 748. The minimum atomic E-state index is -3.86. The van der Waals surface area contributed by atoms with Gasteiger partial charge >= 0.3 is 0 Å². The van der Waals surface area contributed by atoms with Gasteiger partial charge in [-0.25, -0.2) is 13.6 Å². The third-order valence-corrected chi connectivity index (χ3v) is 4.24. The lowest BCUT2D eigenvalue weighted by Crippen LogP contribution is -2.16. The Kier molecular flexibility index (Phi) is 3.93. The molecule has 5 N–H and O–H groups in total. The molecule has 0 bridgehead atoms. The Balaban J connectivity index is 2.37. The molecular weight excluding hydrogens is 292 g/mol. The van der Waals surface area contributed by atoms with E-state index in [0.29, 0.717) is 11.4 Å². The number of aromatic nitrogens is 1. The van der Waals surface area contributed by atoms with Crippen molar-refractivity contribution < 1.29 is 12.9 Å². The predicted octanol–water partition coefficient (Wildman–Crippen LogP) is 1.69. The standard InChI is InChI=1S/C13H18N4O3S/c1-7(12-8(2)17-20-9(12)3)16-10-5-4-6-11(13(10)14)21(15,18)19/h4-7,16H,14H2,1-3H3,(H2,15,18,19). The van der Waals surface area contributed by atoms with Crippen molar-refractivity contribution in [2.24, 2.45) is 5.14 Å². The number of sulfonamides is 1. The lowest BCUT2D eigenvalue weighted by molar-refractivity contribution is 0.392. The van der Waals surface area contributed by atoms with E-state index in [1.54, 1.807) is 12.1 Å². The van der Waals surface area contributed by atoms with E-state index >= 15 is 0 Å². The minimum absolute atomic E-state index is 0.0959. The van der Waals surface area contributed by atoms with Crippen LogP contribution in [0.25, 0.3) is 0 Å². The first-order valence-corrected chi connectivity index (χ1v) is 7.87. The van der Waals surface area contributed by atoms with Crippen molar-refractivity contribution in [3.05, 3.63) is 35.2 Å². The lowest BCUT2D eigenvalue weighted by Gasteiger charge is -2.18. The van der Waals surface area contributed by atoms with E-state index in [0.717, 1.165) is 11.3 Å². The molecule has 0 aliphatic rings. The van der Waals surface area contributed by atoms with E-state index in [-0.39, 0.29) is 16.6 Å². The number of benzene rings is 1. The molecule has 0 spiro atoms. The molecule has 114 valence electrons. The first-order valence-electron chi connectivity index (χ1n) is 6.32. The highest BCUT2D eigenvalue weighted by Crippen LogP contribution is 2.30. The maximum absolute atomic E-state index is 11.5. The van der Waals surface area contributed by atoms with Crippen LogP contribution in [0, 0.1) is 13.8 Å². The molecule has 1 aromatic heterocycles. The smallest absolute Gasteiger partial charge is 0.240 e. The van der Waals surface area contributed by atoms with E-state index in [9.17, 15) is 8.42 Å². The highest BCUT2D eigenvalue weighted by atomic mass is 32.2. The third-order valence-electron chi connectivity index (χ3n) is 3.27. The van der Waals surface area contributed by atoms with Crippen molar-refractivity contribution in [3.63, 3.8) is 0 Å². The number of nitrogens with zero attached hydrogens (tertiary/aromatic N) is 1. The van der Waals surface area contributed by atoms with Crippen molar-refractivity contribution in [1.29, 1.82) is 0 Å². The van der Waals surface area contributed by atoms with Gasteiger partial charge in [-0.15, -0.1) is 0 Å². The normalized spacial score (nSPS) is 13.1. The molecule has 0 fully saturated rings. The molecule has 1 unspecified atom stereocenters. The summed E-state index contributed by atoms with van der Waals surface area (Å²) in [6, 6.07) is 4.50. The fraction of sp³-hybridized carbons (Fsp3) is 0.308. The molecule has 0 aliphatic carbocycles. The molecule has 0 saturated heterocycles. The van der Waals surface area contributed by atoms with Gasteiger partial charge in [0.05, 0.1) is 23.1 Å². The fourth-order valence-corrected chi connectivity index (χ4v) is 3.02. The molecule has 21 heavy (non-hydrogen) atoms. The van der Waals surface area contributed by atoms with Crippen LogP contribution in [0.1, 0.15) is 30.0 Å². The number of hydrogen-bond donors (Lipinski definition) is 3. The number of nitrogen functional groups attached to an aromatic ring is 1. The fourth-order valence-electron chi connectivity index (χ4n) is 2.33. The lowest BCUT2D eigenvalue weighted by atomic mass is 10.1. The van der Waals surface area contributed by atoms with Gasteiger partial charge in [-0.05, 0) is 32.9 Å². The largest absolute Gasteiger partial charge is 0.396 e. The van der Waals surface area contributed by atoms with Crippen LogP contribution in [-0.2, 0) is 10.0 Å². The Labute approximate surface area is 123 Å². The quantitative estimate of drug-likeness (QED) is 0.738. The van der Waals surface area contributed by atoms with Gasteiger partial charge in [0.1, 0.15) is 10.7 Å². The molecule has 1 heterocycles. The molecule has 8 heteroatoms.